The van der Waals surface area contributed by atoms with Crippen LogP contribution in [0.4, 0.5) is 5.13 Å². The smallest absolute Gasteiger partial charge is 0.243 e. The number of ether oxygens (including phenoxy) is 2. The molecule has 1 aliphatic heterocycles. The van der Waals surface area contributed by atoms with E-state index in [1.54, 1.807) is 14.2 Å². The van der Waals surface area contributed by atoms with Gasteiger partial charge in [-0.05, 0) is 44.5 Å². The van der Waals surface area contributed by atoms with Gasteiger partial charge in [0, 0.05) is 10.4 Å². The van der Waals surface area contributed by atoms with E-state index in [4.69, 9.17) is 9.47 Å². The maximum Gasteiger partial charge on any atom is 0.243 e. The fourth-order valence-electron chi connectivity index (χ4n) is 2.97. The predicted octanol–water partition coefficient (Wildman–Crippen LogP) is 3.22. The van der Waals surface area contributed by atoms with Crippen LogP contribution >= 0.6 is 11.3 Å². The van der Waals surface area contributed by atoms with Crippen LogP contribution in [0.3, 0.4) is 0 Å². The van der Waals surface area contributed by atoms with E-state index >= 15 is 0 Å². The summed E-state index contributed by atoms with van der Waals surface area (Å²) in [5, 5.41) is 6.82. The van der Waals surface area contributed by atoms with Crippen LogP contribution in [0.15, 0.2) is 18.2 Å². The fraction of sp³-hybridized carbons (Fsp3) is 0.444. The number of carbonyl (C=O) groups is 1. The molecule has 2 N–H and O–H groups in total. The molecule has 1 aromatic carbocycles. The van der Waals surface area contributed by atoms with Crippen molar-refractivity contribution in [3.8, 4) is 22.8 Å². The molecule has 2 heterocycles. The highest BCUT2D eigenvalue weighted by Gasteiger charge is 2.22. The fourth-order valence-corrected chi connectivity index (χ4v) is 3.81. The maximum atomic E-state index is 12.4. The Labute approximate surface area is 151 Å². The topological polar surface area (TPSA) is 72.5 Å². The summed E-state index contributed by atoms with van der Waals surface area (Å²) in [6.07, 6.45) is 3.08. The Morgan fingerprint density at radius 2 is 2.08 bits per heavy atom. The highest BCUT2D eigenvalue weighted by atomic mass is 32.1. The molecular formula is C18H23N3O3S. The maximum absolute atomic E-state index is 12.4. The molecule has 0 spiro atoms. The van der Waals surface area contributed by atoms with Gasteiger partial charge in [0.15, 0.2) is 16.6 Å². The molecule has 25 heavy (non-hydrogen) atoms. The lowest BCUT2D eigenvalue weighted by Crippen LogP contribution is -2.43. The van der Waals surface area contributed by atoms with E-state index in [0.29, 0.717) is 16.6 Å². The molecule has 6 nitrogen and oxygen atoms in total. The average Bonchev–Trinajstić information content (AvgIpc) is 3.01. The number of rotatable bonds is 5. The summed E-state index contributed by atoms with van der Waals surface area (Å²) in [5.74, 6) is 1.33. The van der Waals surface area contributed by atoms with Crippen LogP contribution in [0.25, 0.3) is 11.3 Å². The summed E-state index contributed by atoms with van der Waals surface area (Å²) in [4.78, 5) is 18.0. The molecule has 0 aliphatic carbocycles. The van der Waals surface area contributed by atoms with Crippen molar-refractivity contribution in [2.75, 3.05) is 26.1 Å². The van der Waals surface area contributed by atoms with Crippen molar-refractivity contribution in [3.05, 3.63) is 23.1 Å². The van der Waals surface area contributed by atoms with Crippen molar-refractivity contribution in [3.63, 3.8) is 0 Å². The molecule has 0 radical (unpaired) electrons. The minimum absolute atomic E-state index is 0.00712. The van der Waals surface area contributed by atoms with Crippen molar-refractivity contribution in [2.24, 2.45) is 0 Å². The number of benzene rings is 1. The molecular weight excluding hydrogens is 338 g/mol. The Kier molecular flexibility index (Phi) is 5.55. The number of anilines is 1. The number of aryl methyl sites for hydroxylation is 1. The number of hydrogen-bond donors (Lipinski definition) is 2. The van der Waals surface area contributed by atoms with E-state index in [-0.39, 0.29) is 11.9 Å². The van der Waals surface area contributed by atoms with Crippen LogP contribution < -0.4 is 20.1 Å². The molecule has 1 saturated heterocycles. The second-order valence-electron chi connectivity index (χ2n) is 5.99. The van der Waals surface area contributed by atoms with E-state index in [9.17, 15) is 4.79 Å². The van der Waals surface area contributed by atoms with E-state index < -0.39 is 0 Å². The summed E-state index contributed by atoms with van der Waals surface area (Å²) in [6.45, 7) is 2.89. The third kappa shape index (κ3) is 3.93. The van der Waals surface area contributed by atoms with Crippen molar-refractivity contribution < 1.29 is 14.3 Å². The van der Waals surface area contributed by atoms with Gasteiger partial charge in [-0.2, -0.15) is 0 Å². The van der Waals surface area contributed by atoms with Gasteiger partial charge in [-0.1, -0.05) is 6.42 Å². The predicted molar refractivity (Wildman–Crippen MR) is 99.7 cm³/mol. The van der Waals surface area contributed by atoms with E-state index in [2.05, 4.69) is 15.6 Å². The van der Waals surface area contributed by atoms with Crippen molar-refractivity contribution >= 4 is 22.4 Å². The Balaban J connectivity index is 1.79. The summed E-state index contributed by atoms with van der Waals surface area (Å²) < 4.78 is 10.6. The number of nitrogens with one attached hydrogen (secondary N) is 2. The average molecular weight is 361 g/mol. The van der Waals surface area contributed by atoms with Gasteiger partial charge in [-0.15, -0.1) is 11.3 Å². The molecule has 1 amide bonds. The third-order valence-electron chi connectivity index (χ3n) is 4.31. The van der Waals surface area contributed by atoms with Crippen LogP contribution in [-0.2, 0) is 4.79 Å². The minimum Gasteiger partial charge on any atom is -0.493 e. The number of nitrogens with zero attached hydrogens (tertiary/aromatic N) is 1. The number of hydrogen-bond acceptors (Lipinski definition) is 6. The molecule has 1 aliphatic rings. The second kappa shape index (κ2) is 7.84. The largest absolute Gasteiger partial charge is 0.493 e. The SMILES string of the molecule is COc1ccc(-c2nc(NC(=O)[C@H]3CCCCN3)sc2C)cc1OC. The molecule has 0 saturated carbocycles. The minimum atomic E-state index is -0.123. The van der Waals surface area contributed by atoms with Gasteiger partial charge < -0.3 is 20.1 Å². The Morgan fingerprint density at radius 3 is 2.76 bits per heavy atom. The Hall–Kier alpha value is -2.12. The molecule has 1 atom stereocenters. The number of thiazole rings is 1. The monoisotopic (exact) mass is 361 g/mol. The summed E-state index contributed by atoms with van der Waals surface area (Å²) in [7, 11) is 3.22. The van der Waals surface area contributed by atoms with Crippen LogP contribution in [0.1, 0.15) is 24.1 Å². The number of carbonyl (C=O) groups excluding carboxylic acids is 1. The first-order chi connectivity index (χ1) is 12.1. The lowest BCUT2D eigenvalue weighted by atomic mass is 10.0. The molecule has 1 aromatic heterocycles. The highest BCUT2D eigenvalue weighted by molar-refractivity contribution is 7.16. The van der Waals surface area contributed by atoms with Gasteiger partial charge in [-0.3, -0.25) is 4.79 Å². The lowest BCUT2D eigenvalue weighted by molar-refractivity contribution is -0.118. The molecule has 0 unspecified atom stereocenters. The van der Waals surface area contributed by atoms with Crippen LogP contribution in [0.2, 0.25) is 0 Å². The summed E-state index contributed by atoms with van der Waals surface area (Å²) in [6, 6.07) is 5.58. The number of piperidine rings is 1. The van der Waals surface area contributed by atoms with Gasteiger partial charge in [-0.25, -0.2) is 4.98 Å². The number of aromatic nitrogens is 1. The first-order valence-corrected chi connectivity index (χ1v) is 9.18. The molecule has 3 rings (SSSR count). The quantitative estimate of drug-likeness (QED) is 0.855. The second-order valence-corrected chi connectivity index (χ2v) is 7.19. The van der Waals surface area contributed by atoms with Gasteiger partial charge >= 0.3 is 0 Å². The lowest BCUT2D eigenvalue weighted by Gasteiger charge is -2.21. The van der Waals surface area contributed by atoms with Gasteiger partial charge in [0.2, 0.25) is 5.91 Å². The number of methoxy groups -OCH3 is 2. The molecule has 2 aromatic rings. The van der Waals surface area contributed by atoms with Crippen LogP contribution in [0.5, 0.6) is 11.5 Å². The Bertz CT molecular complexity index is 754. The van der Waals surface area contributed by atoms with Crippen LogP contribution in [-0.4, -0.2) is 37.7 Å². The van der Waals surface area contributed by atoms with E-state index in [1.807, 2.05) is 25.1 Å². The Morgan fingerprint density at radius 1 is 1.28 bits per heavy atom. The zero-order valence-electron chi connectivity index (χ0n) is 14.7. The standard InChI is InChI=1S/C18H23N3O3S/c1-11-16(12-7-8-14(23-2)15(10-12)24-3)20-18(25-11)21-17(22)13-6-4-5-9-19-13/h7-8,10,13,19H,4-6,9H2,1-3H3,(H,20,21,22)/t13-/m1/s1. The normalized spacial score (nSPS) is 17.2. The summed E-state index contributed by atoms with van der Waals surface area (Å²) in [5.41, 5.74) is 1.78. The van der Waals surface area contributed by atoms with Gasteiger partial charge in [0.1, 0.15) is 0 Å². The molecule has 1 fully saturated rings. The molecule has 134 valence electrons. The third-order valence-corrected chi connectivity index (χ3v) is 5.20. The van der Waals surface area contributed by atoms with E-state index in [1.165, 1.54) is 11.3 Å². The van der Waals surface area contributed by atoms with Crippen molar-refractivity contribution in [2.45, 2.75) is 32.2 Å². The number of amides is 1. The van der Waals surface area contributed by atoms with Gasteiger partial charge in [0.05, 0.1) is 26.0 Å². The zero-order chi connectivity index (χ0) is 17.8. The summed E-state index contributed by atoms with van der Waals surface area (Å²) >= 11 is 1.48. The van der Waals surface area contributed by atoms with E-state index in [0.717, 1.165) is 41.9 Å². The first-order valence-electron chi connectivity index (χ1n) is 8.36. The van der Waals surface area contributed by atoms with Crippen molar-refractivity contribution in [1.29, 1.82) is 0 Å². The first kappa shape index (κ1) is 17.7. The van der Waals surface area contributed by atoms with Gasteiger partial charge in [0.25, 0.3) is 0 Å². The zero-order valence-corrected chi connectivity index (χ0v) is 15.5. The molecule has 0 bridgehead atoms. The van der Waals surface area contributed by atoms with Crippen molar-refractivity contribution in [1.82, 2.24) is 10.3 Å². The molecule has 7 heteroatoms. The highest BCUT2D eigenvalue weighted by Crippen LogP contribution is 2.36. The van der Waals surface area contributed by atoms with Crippen LogP contribution in [0, 0.1) is 6.92 Å².